The highest BCUT2D eigenvalue weighted by Crippen LogP contribution is 2.14. The fourth-order valence-electron chi connectivity index (χ4n) is 7.40. The van der Waals surface area contributed by atoms with Gasteiger partial charge in [0.25, 0.3) is 0 Å². The van der Waals surface area contributed by atoms with Crippen LogP contribution in [0.25, 0.3) is 0 Å². The maximum Gasteiger partial charge on any atom is 0.222 e. The third-order valence-electron chi connectivity index (χ3n) is 11.2. The van der Waals surface area contributed by atoms with Crippen molar-refractivity contribution in [2.45, 2.75) is 259 Å². The summed E-state index contributed by atoms with van der Waals surface area (Å²) in [5.74, 6) is 0.675. The molecular weight excluding hydrogens is 661 g/mol. The number of hydrogen-bond donors (Lipinski definition) is 0. The molecule has 0 aromatic heterocycles. The number of allylic oxidation sites excluding steroid dienone is 4. The Labute approximate surface area is 339 Å². The number of hydrogen-bond acceptors (Lipinski definition) is 2. The molecule has 318 valence electrons. The van der Waals surface area contributed by atoms with Gasteiger partial charge in [0.2, 0.25) is 11.8 Å². The van der Waals surface area contributed by atoms with E-state index in [1.54, 1.807) is 0 Å². The van der Waals surface area contributed by atoms with E-state index in [0.29, 0.717) is 24.7 Å². The molecule has 0 aliphatic carbocycles. The Morgan fingerprint density at radius 1 is 0.296 bits per heavy atom. The first kappa shape index (κ1) is 52.4. The van der Waals surface area contributed by atoms with Gasteiger partial charge in [-0.05, 0) is 89.9 Å². The molecule has 0 atom stereocenters. The van der Waals surface area contributed by atoms with Gasteiger partial charge < -0.3 is 9.80 Å². The Morgan fingerprint density at radius 2 is 0.519 bits per heavy atom. The van der Waals surface area contributed by atoms with Crippen molar-refractivity contribution in [3.63, 3.8) is 0 Å². The molecule has 0 heterocycles. The first-order valence-electron chi connectivity index (χ1n) is 24.5. The normalized spacial score (nSPS) is 11.7. The number of nitrogens with zero attached hydrogens (tertiary/aromatic N) is 2. The molecule has 0 fully saturated rings. The quantitative estimate of drug-likeness (QED) is 0.0459. The number of carbonyl (C=O) groups is 2. The Kier molecular flexibility index (Phi) is 42.8. The van der Waals surface area contributed by atoms with Gasteiger partial charge in [-0.2, -0.15) is 0 Å². The summed E-state index contributed by atoms with van der Waals surface area (Å²) in [7, 11) is 0. The van der Waals surface area contributed by atoms with E-state index in [9.17, 15) is 9.59 Å². The van der Waals surface area contributed by atoms with Gasteiger partial charge in [0, 0.05) is 39.0 Å². The monoisotopic (exact) mass is 757 g/mol. The van der Waals surface area contributed by atoms with Gasteiger partial charge in [-0.3, -0.25) is 9.59 Å². The van der Waals surface area contributed by atoms with Gasteiger partial charge in [-0.15, -0.1) is 0 Å². The smallest absolute Gasteiger partial charge is 0.222 e. The van der Waals surface area contributed by atoms with Gasteiger partial charge in [0.15, 0.2) is 0 Å². The molecule has 0 saturated carbocycles. The Morgan fingerprint density at radius 3 is 0.796 bits per heavy atom. The molecule has 0 saturated heterocycles. The third kappa shape index (κ3) is 37.3. The van der Waals surface area contributed by atoms with E-state index in [-0.39, 0.29) is 0 Å². The van der Waals surface area contributed by atoms with Crippen LogP contribution in [0.4, 0.5) is 0 Å². The van der Waals surface area contributed by atoms with Crippen molar-refractivity contribution in [2.24, 2.45) is 0 Å². The molecule has 54 heavy (non-hydrogen) atoms. The first-order valence-corrected chi connectivity index (χ1v) is 24.5. The SMILES string of the molecule is CCCCCCCCC=CCCCCCCCCN(CCCCN(CCCCCCCCC=CCCCCCCCC)C(=O)CCCC)C(=O)CCCC. The Hall–Kier alpha value is -1.58. The zero-order valence-corrected chi connectivity index (χ0v) is 37.3. The van der Waals surface area contributed by atoms with Crippen LogP contribution >= 0.6 is 0 Å². The topological polar surface area (TPSA) is 40.6 Å². The largest absolute Gasteiger partial charge is 0.343 e. The summed E-state index contributed by atoms with van der Waals surface area (Å²) in [6.07, 6.45) is 53.8. The van der Waals surface area contributed by atoms with Crippen molar-refractivity contribution in [1.29, 1.82) is 0 Å². The van der Waals surface area contributed by atoms with E-state index in [4.69, 9.17) is 0 Å². The van der Waals surface area contributed by atoms with Crippen molar-refractivity contribution in [3.05, 3.63) is 24.3 Å². The number of carbonyl (C=O) groups excluding carboxylic acids is 2. The summed E-state index contributed by atoms with van der Waals surface area (Å²) >= 11 is 0. The fourth-order valence-corrected chi connectivity index (χ4v) is 7.40. The molecule has 0 unspecified atom stereocenters. The lowest BCUT2D eigenvalue weighted by atomic mass is 10.1. The maximum atomic E-state index is 13.1. The van der Waals surface area contributed by atoms with E-state index in [1.807, 2.05) is 0 Å². The minimum absolute atomic E-state index is 0.338. The van der Waals surface area contributed by atoms with Gasteiger partial charge in [0.1, 0.15) is 0 Å². The second-order valence-electron chi connectivity index (χ2n) is 16.6. The summed E-state index contributed by atoms with van der Waals surface area (Å²) in [6.45, 7) is 12.4. The maximum absolute atomic E-state index is 13.1. The number of rotatable bonds is 43. The molecular formula is C50H96N2O2. The van der Waals surface area contributed by atoms with Crippen LogP contribution < -0.4 is 0 Å². The molecule has 0 spiro atoms. The average Bonchev–Trinajstić information content (AvgIpc) is 3.18. The van der Waals surface area contributed by atoms with Crippen molar-refractivity contribution < 1.29 is 9.59 Å². The zero-order chi connectivity index (χ0) is 39.4. The van der Waals surface area contributed by atoms with E-state index >= 15 is 0 Å². The lowest BCUT2D eigenvalue weighted by molar-refractivity contribution is -0.133. The summed E-state index contributed by atoms with van der Waals surface area (Å²) in [5, 5.41) is 0. The number of amides is 2. The summed E-state index contributed by atoms with van der Waals surface area (Å²) in [4.78, 5) is 30.5. The summed E-state index contributed by atoms with van der Waals surface area (Å²) in [5.41, 5.74) is 0. The third-order valence-corrected chi connectivity index (χ3v) is 11.2. The van der Waals surface area contributed by atoms with E-state index in [2.05, 4.69) is 61.8 Å². The van der Waals surface area contributed by atoms with Crippen molar-refractivity contribution in [1.82, 2.24) is 9.80 Å². The minimum Gasteiger partial charge on any atom is -0.343 e. The number of unbranched alkanes of at least 4 members (excludes halogenated alkanes) is 27. The van der Waals surface area contributed by atoms with Gasteiger partial charge in [0.05, 0.1) is 0 Å². The predicted molar refractivity (Wildman–Crippen MR) is 240 cm³/mol. The molecule has 2 amide bonds. The van der Waals surface area contributed by atoms with Crippen molar-refractivity contribution in [3.8, 4) is 0 Å². The van der Waals surface area contributed by atoms with Crippen molar-refractivity contribution in [2.75, 3.05) is 26.2 Å². The molecule has 0 rings (SSSR count). The molecule has 4 nitrogen and oxygen atoms in total. The highest BCUT2D eigenvalue weighted by Gasteiger charge is 2.15. The van der Waals surface area contributed by atoms with Crippen LogP contribution in [0.1, 0.15) is 259 Å². The lowest BCUT2D eigenvalue weighted by Gasteiger charge is -2.25. The van der Waals surface area contributed by atoms with Crippen LogP contribution in [0.3, 0.4) is 0 Å². The van der Waals surface area contributed by atoms with Crippen LogP contribution in [0.5, 0.6) is 0 Å². The van der Waals surface area contributed by atoms with E-state index < -0.39 is 0 Å². The van der Waals surface area contributed by atoms with Crippen LogP contribution in [0.15, 0.2) is 24.3 Å². The van der Waals surface area contributed by atoms with Gasteiger partial charge >= 0.3 is 0 Å². The molecule has 0 N–H and O–H groups in total. The molecule has 0 bridgehead atoms. The average molecular weight is 757 g/mol. The molecule has 0 aliphatic heterocycles. The Bertz CT molecular complexity index is 768. The van der Waals surface area contributed by atoms with Crippen LogP contribution in [0, 0.1) is 0 Å². The minimum atomic E-state index is 0.338. The molecule has 0 aromatic carbocycles. The standard InChI is InChI=1S/C50H96N2O2/c1-5-9-13-15-17-19-21-23-25-27-29-31-33-35-37-39-45-51(49(53)43-11-7-3)47-41-42-48-52(50(54)44-12-8-4)46-40-38-36-34-32-30-28-26-24-22-20-18-16-14-10-6-2/h23-26H,5-22,27-48H2,1-4H3. The second kappa shape index (κ2) is 44.1. The highest BCUT2D eigenvalue weighted by atomic mass is 16.2. The summed E-state index contributed by atoms with van der Waals surface area (Å²) in [6, 6.07) is 0. The van der Waals surface area contributed by atoms with Crippen LogP contribution in [0.2, 0.25) is 0 Å². The van der Waals surface area contributed by atoms with Gasteiger partial charge in [-0.1, -0.05) is 180 Å². The van der Waals surface area contributed by atoms with Crippen LogP contribution in [-0.2, 0) is 9.59 Å². The molecule has 0 aromatic rings. The van der Waals surface area contributed by atoms with E-state index in [0.717, 1.165) is 77.5 Å². The molecule has 4 heteroatoms. The first-order chi connectivity index (χ1) is 26.6. The lowest BCUT2D eigenvalue weighted by Crippen LogP contribution is -2.35. The second-order valence-corrected chi connectivity index (χ2v) is 16.6. The highest BCUT2D eigenvalue weighted by molar-refractivity contribution is 5.76. The van der Waals surface area contributed by atoms with E-state index in [1.165, 1.54) is 167 Å². The van der Waals surface area contributed by atoms with Crippen molar-refractivity contribution >= 4 is 11.8 Å². The summed E-state index contributed by atoms with van der Waals surface area (Å²) < 4.78 is 0. The predicted octanol–water partition coefficient (Wildman–Crippen LogP) is 15.9. The Balaban J connectivity index is 4.27. The zero-order valence-electron chi connectivity index (χ0n) is 37.3. The molecule has 0 radical (unpaired) electrons. The van der Waals surface area contributed by atoms with Crippen LogP contribution in [-0.4, -0.2) is 47.8 Å². The molecule has 0 aliphatic rings. The fraction of sp³-hybridized carbons (Fsp3) is 0.880. The van der Waals surface area contributed by atoms with Gasteiger partial charge in [-0.25, -0.2) is 0 Å².